The number of hydrogen-bond acceptors (Lipinski definition) is 6. The van der Waals surface area contributed by atoms with Crippen LogP contribution in [0, 0.1) is 11.3 Å². The van der Waals surface area contributed by atoms with E-state index in [0.717, 1.165) is 6.42 Å². The zero-order valence-corrected chi connectivity index (χ0v) is 14.4. The van der Waals surface area contributed by atoms with Gasteiger partial charge in [-0.1, -0.05) is 6.92 Å². The van der Waals surface area contributed by atoms with Crippen LogP contribution in [-0.2, 0) is 4.74 Å². The zero-order valence-electron chi connectivity index (χ0n) is 14.4. The number of anilines is 2. The molecule has 1 heterocycles. The molecule has 0 bridgehead atoms. The van der Waals surface area contributed by atoms with E-state index in [9.17, 15) is 10.1 Å². The molecule has 0 spiro atoms. The minimum Gasteiger partial charge on any atom is -0.444 e. The Labute approximate surface area is 137 Å². The Hall–Kier alpha value is -2.43. The van der Waals surface area contributed by atoms with Gasteiger partial charge in [0.1, 0.15) is 23.1 Å². The molecule has 0 aliphatic carbocycles. The molecule has 23 heavy (non-hydrogen) atoms. The van der Waals surface area contributed by atoms with Crippen molar-refractivity contribution in [3.63, 3.8) is 0 Å². The summed E-state index contributed by atoms with van der Waals surface area (Å²) < 4.78 is 6.78. The first kappa shape index (κ1) is 18.6. The number of amides is 1. The lowest BCUT2D eigenvalue weighted by Crippen LogP contribution is -2.35. The fourth-order valence-electron chi connectivity index (χ4n) is 1.85. The number of nitrogens with zero attached hydrogens (tertiary/aromatic N) is 3. The van der Waals surface area contributed by atoms with E-state index in [1.165, 1.54) is 0 Å². The van der Waals surface area contributed by atoms with E-state index < -0.39 is 11.7 Å². The van der Waals surface area contributed by atoms with Crippen LogP contribution in [0.5, 0.6) is 0 Å². The van der Waals surface area contributed by atoms with Crippen molar-refractivity contribution < 1.29 is 9.53 Å². The van der Waals surface area contributed by atoms with E-state index in [-0.39, 0.29) is 6.04 Å². The maximum atomic E-state index is 11.5. The van der Waals surface area contributed by atoms with Crippen molar-refractivity contribution in [2.24, 2.45) is 0 Å². The fourth-order valence-corrected chi connectivity index (χ4v) is 1.85. The predicted molar refractivity (Wildman–Crippen MR) is 89.1 cm³/mol. The van der Waals surface area contributed by atoms with Crippen molar-refractivity contribution in [3.8, 4) is 6.07 Å². The van der Waals surface area contributed by atoms with Crippen LogP contribution in [0.2, 0.25) is 0 Å². The second-order valence-corrected chi connectivity index (χ2v) is 6.28. The van der Waals surface area contributed by atoms with E-state index in [4.69, 9.17) is 10.5 Å². The summed E-state index contributed by atoms with van der Waals surface area (Å²) in [4.78, 5) is 11.5. The van der Waals surface area contributed by atoms with Gasteiger partial charge in [0.2, 0.25) is 0 Å². The largest absolute Gasteiger partial charge is 0.444 e. The highest BCUT2D eigenvalue weighted by molar-refractivity contribution is 5.68. The second kappa shape index (κ2) is 7.72. The molecule has 0 radical (unpaired) electrons. The van der Waals surface area contributed by atoms with Gasteiger partial charge in [0.05, 0.1) is 6.04 Å². The topological polar surface area (TPSA) is 118 Å². The molecule has 1 rings (SSSR count). The molecular weight excluding hydrogens is 296 g/mol. The van der Waals surface area contributed by atoms with Gasteiger partial charge >= 0.3 is 6.09 Å². The Morgan fingerprint density at radius 3 is 2.65 bits per heavy atom. The summed E-state index contributed by atoms with van der Waals surface area (Å²) in [5.74, 6) is 0.778. The number of nitriles is 1. The summed E-state index contributed by atoms with van der Waals surface area (Å²) in [5.41, 5.74) is 5.75. The Morgan fingerprint density at radius 2 is 2.13 bits per heavy atom. The molecule has 1 amide bonds. The van der Waals surface area contributed by atoms with Gasteiger partial charge in [-0.25, -0.2) is 9.48 Å². The second-order valence-electron chi connectivity index (χ2n) is 6.28. The van der Waals surface area contributed by atoms with E-state index in [0.29, 0.717) is 30.3 Å². The van der Waals surface area contributed by atoms with Crippen LogP contribution in [0.1, 0.15) is 52.6 Å². The number of carbonyl (C=O) groups is 1. The van der Waals surface area contributed by atoms with E-state index in [2.05, 4.69) is 21.8 Å². The molecule has 0 saturated heterocycles. The normalized spacial score (nSPS) is 12.3. The molecule has 8 heteroatoms. The summed E-state index contributed by atoms with van der Waals surface area (Å²) in [5, 5.41) is 19.2. The van der Waals surface area contributed by atoms with E-state index >= 15 is 0 Å². The van der Waals surface area contributed by atoms with Crippen molar-refractivity contribution in [3.05, 3.63) is 5.56 Å². The minimum absolute atomic E-state index is 0.109. The maximum Gasteiger partial charge on any atom is 0.407 e. The Balaban J connectivity index is 2.59. The molecule has 0 aliphatic heterocycles. The van der Waals surface area contributed by atoms with E-state index in [1.54, 1.807) is 25.5 Å². The van der Waals surface area contributed by atoms with Crippen molar-refractivity contribution in [2.75, 3.05) is 24.1 Å². The third-order valence-electron chi connectivity index (χ3n) is 3.15. The fraction of sp³-hybridized carbons (Fsp3) is 0.667. The first-order valence-electron chi connectivity index (χ1n) is 7.68. The molecule has 128 valence electrons. The lowest BCUT2D eigenvalue weighted by molar-refractivity contribution is 0.0530. The lowest BCUT2D eigenvalue weighted by atomic mass is 10.2. The molecule has 1 aromatic rings. The van der Waals surface area contributed by atoms with Crippen LogP contribution in [0.15, 0.2) is 0 Å². The molecule has 0 fully saturated rings. The predicted octanol–water partition coefficient (Wildman–Crippen LogP) is 2.24. The monoisotopic (exact) mass is 322 g/mol. The summed E-state index contributed by atoms with van der Waals surface area (Å²) >= 11 is 0. The smallest absolute Gasteiger partial charge is 0.407 e. The third-order valence-corrected chi connectivity index (χ3v) is 3.15. The van der Waals surface area contributed by atoms with Gasteiger partial charge in [0.15, 0.2) is 5.82 Å². The SMILES string of the molecule is CCC(C)n1nc(NCCNC(=O)OC(C)(C)C)c(C#N)c1N. The summed E-state index contributed by atoms with van der Waals surface area (Å²) in [6.45, 7) is 10.2. The highest BCUT2D eigenvalue weighted by Crippen LogP contribution is 2.24. The Kier molecular flexibility index (Phi) is 6.25. The van der Waals surface area contributed by atoms with Gasteiger partial charge in [0.25, 0.3) is 0 Å². The van der Waals surface area contributed by atoms with Gasteiger partial charge in [0, 0.05) is 13.1 Å². The summed E-state index contributed by atoms with van der Waals surface area (Å²) in [7, 11) is 0. The molecule has 8 nitrogen and oxygen atoms in total. The summed E-state index contributed by atoms with van der Waals surface area (Å²) in [6.07, 6.45) is 0.376. The number of nitrogens with two attached hydrogens (primary N) is 1. The number of rotatable bonds is 6. The molecule has 0 saturated carbocycles. The standard InChI is InChI=1S/C15H26N6O2/c1-6-10(2)21-12(17)11(9-16)13(20-21)18-7-8-19-14(22)23-15(3,4)5/h10H,6-8,17H2,1-5H3,(H,18,20)(H,19,22). The molecule has 1 atom stereocenters. The Morgan fingerprint density at radius 1 is 1.48 bits per heavy atom. The number of nitrogen functional groups attached to an aromatic ring is 1. The van der Waals surface area contributed by atoms with Crippen LogP contribution in [-0.4, -0.2) is 34.6 Å². The Bertz CT molecular complexity index is 582. The van der Waals surface area contributed by atoms with Crippen molar-refractivity contribution in [2.45, 2.75) is 52.7 Å². The summed E-state index contributed by atoms with van der Waals surface area (Å²) in [6, 6.07) is 2.17. The van der Waals surface area contributed by atoms with Crippen molar-refractivity contribution in [1.29, 1.82) is 5.26 Å². The van der Waals surface area contributed by atoms with Crippen LogP contribution < -0.4 is 16.4 Å². The average Bonchev–Trinajstić information content (AvgIpc) is 2.77. The van der Waals surface area contributed by atoms with Crippen LogP contribution in [0.3, 0.4) is 0 Å². The first-order chi connectivity index (χ1) is 10.7. The van der Waals surface area contributed by atoms with Crippen LogP contribution >= 0.6 is 0 Å². The first-order valence-corrected chi connectivity index (χ1v) is 7.68. The average molecular weight is 322 g/mol. The van der Waals surface area contributed by atoms with E-state index in [1.807, 2.05) is 13.8 Å². The molecule has 0 aromatic carbocycles. The van der Waals surface area contributed by atoms with Crippen molar-refractivity contribution >= 4 is 17.7 Å². The minimum atomic E-state index is -0.533. The number of carbonyl (C=O) groups excluding carboxylic acids is 1. The molecular formula is C15H26N6O2. The molecule has 4 N–H and O–H groups in total. The molecule has 1 aromatic heterocycles. The van der Waals surface area contributed by atoms with Gasteiger partial charge in [-0.3, -0.25) is 0 Å². The van der Waals surface area contributed by atoms with Gasteiger partial charge < -0.3 is 21.1 Å². The number of nitrogens with one attached hydrogen (secondary N) is 2. The lowest BCUT2D eigenvalue weighted by Gasteiger charge is -2.19. The molecule has 1 unspecified atom stereocenters. The number of ether oxygens (including phenoxy) is 1. The maximum absolute atomic E-state index is 11.5. The van der Waals surface area contributed by atoms with Gasteiger partial charge in [-0.05, 0) is 34.1 Å². The van der Waals surface area contributed by atoms with Crippen LogP contribution in [0.25, 0.3) is 0 Å². The van der Waals surface area contributed by atoms with Crippen molar-refractivity contribution in [1.82, 2.24) is 15.1 Å². The van der Waals surface area contributed by atoms with Gasteiger partial charge in [-0.2, -0.15) is 10.4 Å². The highest BCUT2D eigenvalue weighted by Gasteiger charge is 2.18. The highest BCUT2D eigenvalue weighted by atomic mass is 16.6. The number of aromatic nitrogens is 2. The number of hydrogen-bond donors (Lipinski definition) is 3. The zero-order chi connectivity index (χ0) is 17.6. The molecule has 0 aliphatic rings. The third kappa shape index (κ3) is 5.36. The quantitative estimate of drug-likeness (QED) is 0.691. The van der Waals surface area contributed by atoms with Gasteiger partial charge in [-0.15, -0.1) is 0 Å². The number of alkyl carbamates (subject to hydrolysis) is 1. The van der Waals surface area contributed by atoms with Crippen LogP contribution in [0.4, 0.5) is 16.4 Å².